The number of halogens is 3. The van der Waals surface area contributed by atoms with Crippen molar-refractivity contribution >= 4 is 35.1 Å². The highest BCUT2D eigenvalue weighted by Gasteiger charge is 2.30. The van der Waals surface area contributed by atoms with Crippen LogP contribution < -0.4 is 10.7 Å². The van der Waals surface area contributed by atoms with Gasteiger partial charge in [0.05, 0.1) is 11.8 Å². The van der Waals surface area contributed by atoms with Gasteiger partial charge in [0.2, 0.25) is 0 Å². The monoisotopic (exact) mass is 341 g/mol. The maximum atomic E-state index is 12.6. The van der Waals surface area contributed by atoms with Crippen LogP contribution >= 0.6 is 11.3 Å². The molecule has 2 N–H and O–H groups in total. The van der Waals surface area contributed by atoms with Crippen LogP contribution in [-0.2, 0) is 15.8 Å². The van der Waals surface area contributed by atoms with Crippen molar-refractivity contribution in [2.24, 2.45) is 5.10 Å². The Balaban J connectivity index is 1.94. The standard InChI is InChI=1S/C14H10F3N3O2S/c15-14(16,17)9-3-1-4-10(7-9)19-12(21)13(22)20-18-8-11-5-2-6-23-11/h1-8H,(H,19,21)(H,20,22). The summed E-state index contributed by atoms with van der Waals surface area (Å²) in [5.41, 5.74) is 0.927. The average Bonchev–Trinajstić information content (AvgIpc) is 3.00. The summed E-state index contributed by atoms with van der Waals surface area (Å²) in [4.78, 5) is 23.9. The van der Waals surface area contributed by atoms with Crippen molar-refractivity contribution in [3.63, 3.8) is 0 Å². The molecule has 120 valence electrons. The molecule has 0 aliphatic carbocycles. The van der Waals surface area contributed by atoms with Gasteiger partial charge in [-0.2, -0.15) is 18.3 Å². The zero-order chi connectivity index (χ0) is 16.9. The van der Waals surface area contributed by atoms with Gasteiger partial charge in [-0.3, -0.25) is 9.59 Å². The topological polar surface area (TPSA) is 70.6 Å². The van der Waals surface area contributed by atoms with Crippen molar-refractivity contribution in [3.8, 4) is 0 Å². The minimum absolute atomic E-state index is 0.137. The van der Waals surface area contributed by atoms with Crippen LogP contribution in [0.3, 0.4) is 0 Å². The molecule has 23 heavy (non-hydrogen) atoms. The molecule has 0 saturated carbocycles. The predicted molar refractivity (Wildman–Crippen MR) is 80.1 cm³/mol. The summed E-state index contributed by atoms with van der Waals surface area (Å²) in [6, 6.07) is 7.51. The van der Waals surface area contributed by atoms with E-state index in [0.29, 0.717) is 0 Å². The second-order valence-electron chi connectivity index (χ2n) is 4.25. The SMILES string of the molecule is O=C(NN=Cc1cccs1)C(=O)Nc1cccc(C(F)(F)F)c1. The van der Waals surface area contributed by atoms with E-state index in [1.54, 1.807) is 12.1 Å². The third-order valence-corrected chi connectivity index (χ3v) is 3.36. The second kappa shape index (κ2) is 7.05. The van der Waals surface area contributed by atoms with Crippen molar-refractivity contribution < 1.29 is 22.8 Å². The molecular formula is C14H10F3N3O2S. The molecule has 0 aliphatic rings. The van der Waals surface area contributed by atoms with Crippen molar-refractivity contribution in [3.05, 3.63) is 52.2 Å². The molecule has 5 nitrogen and oxygen atoms in total. The lowest BCUT2D eigenvalue weighted by Crippen LogP contribution is -2.32. The van der Waals surface area contributed by atoms with Gasteiger partial charge in [-0.05, 0) is 29.6 Å². The molecule has 1 aromatic heterocycles. The smallest absolute Gasteiger partial charge is 0.318 e. The van der Waals surface area contributed by atoms with Gasteiger partial charge in [0.1, 0.15) is 0 Å². The largest absolute Gasteiger partial charge is 0.416 e. The van der Waals surface area contributed by atoms with Crippen molar-refractivity contribution in [2.45, 2.75) is 6.18 Å². The quantitative estimate of drug-likeness (QED) is 0.512. The minimum Gasteiger partial charge on any atom is -0.318 e. The molecule has 0 atom stereocenters. The Hall–Kier alpha value is -2.68. The van der Waals surface area contributed by atoms with Gasteiger partial charge in [-0.15, -0.1) is 11.3 Å². The van der Waals surface area contributed by atoms with E-state index in [1.807, 2.05) is 10.8 Å². The lowest BCUT2D eigenvalue weighted by atomic mass is 10.2. The maximum Gasteiger partial charge on any atom is 0.416 e. The summed E-state index contributed by atoms with van der Waals surface area (Å²) in [6.07, 6.45) is -3.19. The van der Waals surface area contributed by atoms with E-state index in [1.165, 1.54) is 23.6 Å². The fourth-order valence-corrected chi connectivity index (χ4v) is 2.12. The number of alkyl halides is 3. The van der Waals surface area contributed by atoms with E-state index in [4.69, 9.17) is 0 Å². The molecule has 2 rings (SSSR count). The van der Waals surface area contributed by atoms with Crippen LogP contribution in [0.2, 0.25) is 0 Å². The third-order valence-electron chi connectivity index (χ3n) is 2.56. The number of carbonyl (C=O) groups is 2. The van der Waals surface area contributed by atoms with Crippen LogP contribution in [0, 0.1) is 0 Å². The number of hydrogen-bond acceptors (Lipinski definition) is 4. The maximum absolute atomic E-state index is 12.6. The summed E-state index contributed by atoms with van der Waals surface area (Å²) in [7, 11) is 0. The summed E-state index contributed by atoms with van der Waals surface area (Å²) >= 11 is 1.38. The number of rotatable bonds is 3. The minimum atomic E-state index is -4.53. The third kappa shape index (κ3) is 4.92. The number of anilines is 1. The van der Waals surface area contributed by atoms with E-state index in [9.17, 15) is 22.8 Å². The number of amides is 2. The summed E-state index contributed by atoms with van der Waals surface area (Å²) in [5.74, 6) is -2.21. The van der Waals surface area contributed by atoms with E-state index in [2.05, 4.69) is 10.4 Å². The Bertz CT molecular complexity index is 727. The second-order valence-corrected chi connectivity index (χ2v) is 5.23. The van der Waals surface area contributed by atoms with Gasteiger partial charge in [-0.1, -0.05) is 12.1 Å². The highest BCUT2D eigenvalue weighted by molar-refractivity contribution is 7.11. The van der Waals surface area contributed by atoms with Crippen molar-refractivity contribution in [1.29, 1.82) is 0 Å². The van der Waals surface area contributed by atoms with Gasteiger partial charge < -0.3 is 5.32 Å². The van der Waals surface area contributed by atoms with E-state index in [-0.39, 0.29) is 5.69 Å². The number of hydrogen-bond donors (Lipinski definition) is 2. The number of carbonyl (C=O) groups excluding carboxylic acids is 2. The Morgan fingerprint density at radius 2 is 1.91 bits per heavy atom. The van der Waals surface area contributed by atoms with Gasteiger partial charge in [0, 0.05) is 10.6 Å². The highest BCUT2D eigenvalue weighted by atomic mass is 32.1. The van der Waals surface area contributed by atoms with Crippen molar-refractivity contribution in [2.75, 3.05) is 5.32 Å². The Morgan fingerprint density at radius 3 is 2.57 bits per heavy atom. The summed E-state index contributed by atoms with van der Waals surface area (Å²) in [6.45, 7) is 0. The van der Waals surface area contributed by atoms with Gasteiger partial charge in [0.15, 0.2) is 0 Å². The zero-order valence-electron chi connectivity index (χ0n) is 11.4. The Morgan fingerprint density at radius 1 is 1.13 bits per heavy atom. The van der Waals surface area contributed by atoms with Crippen LogP contribution in [0.4, 0.5) is 18.9 Å². The molecule has 0 spiro atoms. The molecule has 0 saturated heterocycles. The zero-order valence-corrected chi connectivity index (χ0v) is 12.2. The van der Waals surface area contributed by atoms with Gasteiger partial charge >= 0.3 is 18.0 Å². The first-order valence-corrected chi connectivity index (χ1v) is 7.09. The lowest BCUT2D eigenvalue weighted by Gasteiger charge is -2.09. The first-order chi connectivity index (χ1) is 10.9. The molecule has 0 aliphatic heterocycles. The van der Waals surface area contributed by atoms with Crippen LogP contribution in [0.25, 0.3) is 0 Å². The average molecular weight is 341 g/mol. The molecule has 1 aromatic carbocycles. The molecule has 9 heteroatoms. The number of benzene rings is 1. The molecule has 0 unspecified atom stereocenters. The van der Waals surface area contributed by atoms with Crippen molar-refractivity contribution in [1.82, 2.24) is 5.43 Å². The van der Waals surface area contributed by atoms with Gasteiger partial charge in [0.25, 0.3) is 0 Å². The normalized spacial score (nSPS) is 11.4. The number of nitrogens with one attached hydrogen (secondary N) is 2. The number of thiophene rings is 1. The molecule has 2 aromatic rings. The molecule has 2 amide bonds. The molecular weight excluding hydrogens is 331 g/mol. The first-order valence-electron chi connectivity index (χ1n) is 6.21. The Labute approximate surface area is 132 Å². The summed E-state index contributed by atoms with van der Waals surface area (Å²) < 4.78 is 37.7. The van der Waals surface area contributed by atoms with Crippen LogP contribution in [-0.4, -0.2) is 18.0 Å². The lowest BCUT2D eigenvalue weighted by molar-refractivity contribution is -0.137. The van der Waals surface area contributed by atoms with Crippen LogP contribution in [0.1, 0.15) is 10.4 Å². The van der Waals surface area contributed by atoms with Crippen LogP contribution in [0.15, 0.2) is 46.9 Å². The summed E-state index contributed by atoms with van der Waals surface area (Å²) in [5, 5.41) is 7.46. The first kappa shape index (κ1) is 16.7. The highest BCUT2D eigenvalue weighted by Crippen LogP contribution is 2.30. The van der Waals surface area contributed by atoms with E-state index < -0.39 is 23.6 Å². The number of nitrogens with zero attached hydrogens (tertiary/aromatic N) is 1. The molecule has 1 heterocycles. The molecule has 0 radical (unpaired) electrons. The van der Waals surface area contributed by atoms with E-state index in [0.717, 1.165) is 23.1 Å². The van der Waals surface area contributed by atoms with E-state index >= 15 is 0 Å². The molecule has 0 fully saturated rings. The predicted octanol–water partition coefficient (Wildman–Crippen LogP) is 2.86. The number of hydrazone groups is 1. The van der Waals surface area contributed by atoms with Gasteiger partial charge in [-0.25, -0.2) is 5.43 Å². The molecule has 0 bridgehead atoms. The van der Waals surface area contributed by atoms with Crippen LogP contribution in [0.5, 0.6) is 0 Å². The fourth-order valence-electron chi connectivity index (χ4n) is 1.53. The Kier molecular flexibility index (Phi) is 5.12. The fraction of sp³-hybridized carbons (Fsp3) is 0.0714.